The molecule has 0 radical (unpaired) electrons. The van der Waals surface area contributed by atoms with Gasteiger partial charge in [-0.1, -0.05) is 0 Å². The number of anilines is 2. The number of nitrogen functional groups attached to an aromatic ring is 1. The number of pyridine rings is 1. The zero-order valence-electron chi connectivity index (χ0n) is 11.8. The number of aromatic nitrogens is 1. The third kappa shape index (κ3) is 2.31. The first-order valence-corrected chi connectivity index (χ1v) is 7.22. The first-order chi connectivity index (χ1) is 9.66. The molecule has 4 heteroatoms. The lowest BCUT2D eigenvalue weighted by molar-refractivity contribution is 0.110. The first kappa shape index (κ1) is 13.2. The van der Waals surface area contributed by atoms with Crippen LogP contribution < -0.4 is 10.6 Å². The van der Waals surface area contributed by atoms with Crippen molar-refractivity contribution < 1.29 is 5.11 Å². The number of benzene rings is 1. The van der Waals surface area contributed by atoms with E-state index in [1.165, 1.54) is 5.69 Å². The van der Waals surface area contributed by atoms with Crippen molar-refractivity contribution in [2.24, 2.45) is 5.92 Å². The van der Waals surface area contributed by atoms with Crippen LogP contribution in [0.4, 0.5) is 11.4 Å². The van der Waals surface area contributed by atoms with Gasteiger partial charge in [-0.2, -0.15) is 0 Å². The number of hydrogen-bond acceptors (Lipinski definition) is 4. The molecule has 1 aliphatic heterocycles. The van der Waals surface area contributed by atoms with Gasteiger partial charge in [0.1, 0.15) is 0 Å². The summed E-state index contributed by atoms with van der Waals surface area (Å²) >= 11 is 0. The fraction of sp³-hybridized carbons (Fsp3) is 0.438. The van der Waals surface area contributed by atoms with Gasteiger partial charge in [-0.05, 0) is 43.9 Å². The Morgan fingerprint density at radius 1 is 1.25 bits per heavy atom. The maximum atomic E-state index is 9.70. The normalized spacial score (nSPS) is 18.4. The zero-order valence-corrected chi connectivity index (χ0v) is 11.8. The summed E-state index contributed by atoms with van der Waals surface area (Å²) in [6.07, 6.45) is 5.51. The fourth-order valence-corrected chi connectivity index (χ4v) is 3.09. The summed E-state index contributed by atoms with van der Waals surface area (Å²) in [4.78, 5) is 6.55. The molecule has 0 saturated carbocycles. The smallest absolute Gasteiger partial charge is 0.0541 e. The van der Waals surface area contributed by atoms with Crippen LogP contribution in [0.1, 0.15) is 19.8 Å². The van der Waals surface area contributed by atoms with Gasteiger partial charge in [0.15, 0.2) is 0 Å². The average Bonchev–Trinajstić information content (AvgIpc) is 2.48. The molecule has 1 aliphatic rings. The Morgan fingerprint density at radius 3 is 2.70 bits per heavy atom. The Hall–Kier alpha value is -1.81. The molecular weight excluding hydrogens is 250 g/mol. The minimum atomic E-state index is -0.204. The lowest BCUT2D eigenvalue weighted by Crippen LogP contribution is -2.37. The van der Waals surface area contributed by atoms with Gasteiger partial charge in [-0.15, -0.1) is 0 Å². The highest BCUT2D eigenvalue weighted by atomic mass is 16.3. The van der Waals surface area contributed by atoms with Gasteiger partial charge < -0.3 is 15.7 Å². The number of piperidine rings is 1. The molecular formula is C16H21N3O. The van der Waals surface area contributed by atoms with Gasteiger partial charge in [0.05, 0.1) is 6.10 Å². The van der Waals surface area contributed by atoms with Gasteiger partial charge >= 0.3 is 0 Å². The van der Waals surface area contributed by atoms with Crippen molar-refractivity contribution in [3.05, 3.63) is 30.6 Å². The first-order valence-electron chi connectivity index (χ1n) is 7.22. The van der Waals surface area contributed by atoms with Crippen molar-refractivity contribution in [1.29, 1.82) is 0 Å². The van der Waals surface area contributed by atoms with E-state index in [0.29, 0.717) is 5.92 Å². The van der Waals surface area contributed by atoms with E-state index in [4.69, 9.17) is 5.73 Å². The van der Waals surface area contributed by atoms with E-state index in [1.807, 2.05) is 31.5 Å². The molecule has 4 nitrogen and oxygen atoms in total. The molecule has 20 heavy (non-hydrogen) atoms. The highest BCUT2D eigenvalue weighted by Gasteiger charge is 2.23. The quantitative estimate of drug-likeness (QED) is 0.823. The largest absolute Gasteiger partial charge is 0.398 e. The molecule has 1 saturated heterocycles. The fourth-order valence-electron chi connectivity index (χ4n) is 3.09. The molecule has 2 heterocycles. The van der Waals surface area contributed by atoms with E-state index in [-0.39, 0.29) is 6.10 Å². The van der Waals surface area contributed by atoms with Gasteiger partial charge in [-0.25, -0.2) is 0 Å². The molecule has 3 rings (SSSR count). The summed E-state index contributed by atoms with van der Waals surface area (Å²) in [5.74, 6) is 0.424. The molecule has 106 valence electrons. The number of aliphatic hydroxyl groups is 1. The second-order valence-electron chi connectivity index (χ2n) is 5.66. The number of nitrogens with two attached hydrogens (primary N) is 1. The van der Waals surface area contributed by atoms with Crippen LogP contribution in [0.2, 0.25) is 0 Å². The van der Waals surface area contributed by atoms with Crippen molar-refractivity contribution in [3.8, 4) is 0 Å². The van der Waals surface area contributed by atoms with Crippen LogP contribution in [0.5, 0.6) is 0 Å². The predicted molar refractivity (Wildman–Crippen MR) is 82.8 cm³/mol. The second kappa shape index (κ2) is 5.29. The highest BCUT2D eigenvalue weighted by Crippen LogP contribution is 2.33. The molecule has 1 aromatic carbocycles. The lowest BCUT2D eigenvalue weighted by atomic mass is 9.91. The summed E-state index contributed by atoms with van der Waals surface area (Å²) in [6.45, 7) is 3.86. The molecule has 1 unspecified atom stereocenters. The van der Waals surface area contributed by atoms with Crippen LogP contribution >= 0.6 is 0 Å². The monoisotopic (exact) mass is 271 g/mol. The molecule has 0 amide bonds. The zero-order chi connectivity index (χ0) is 14.1. The van der Waals surface area contributed by atoms with Crippen LogP contribution in [0, 0.1) is 5.92 Å². The van der Waals surface area contributed by atoms with Crippen molar-refractivity contribution >= 4 is 22.1 Å². The summed E-state index contributed by atoms with van der Waals surface area (Å²) in [5, 5.41) is 11.9. The topological polar surface area (TPSA) is 62.4 Å². The minimum absolute atomic E-state index is 0.204. The third-order valence-electron chi connectivity index (χ3n) is 4.39. The van der Waals surface area contributed by atoms with E-state index < -0.39 is 0 Å². The Kier molecular flexibility index (Phi) is 3.49. The van der Waals surface area contributed by atoms with Crippen LogP contribution in [-0.4, -0.2) is 29.3 Å². The van der Waals surface area contributed by atoms with Crippen molar-refractivity contribution in [2.45, 2.75) is 25.9 Å². The molecule has 2 aromatic rings. The molecule has 1 aromatic heterocycles. The Balaban J connectivity index is 1.90. The average molecular weight is 271 g/mol. The summed E-state index contributed by atoms with van der Waals surface area (Å²) < 4.78 is 0. The van der Waals surface area contributed by atoms with Crippen molar-refractivity contribution in [1.82, 2.24) is 4.98 Å². The number of fused-ring (bicyclic) bond motifs is 1. The Morgan fingerprint density at radius 2 is 2.00 bits per heavy atom. The maximum absolute atomic E-state index is 9.70. The van der Waals surface area contributed by atoms with E-state index in [0.717, 1.165) is 42.4 Å². The molecule has 1 atom stereocenters. The van der Waals surface area contributed by atoms with Gasteiger partial charge in [0.25, 0.3) is 0 Å². The number of aliphatic hydroxyl groups excluding tert-OH is 1. The number of rotatable bonds is 2. The Bertz CT molecular complexity index is 604. The standard InChI is InChI=1S/C16H21N3O/c1-11(20)12-5-8-19(9-6-12)16-3-2-15(17)14-10-18-7-4-13(14)16/h2-4,7,10-12,20H,5-6,8-9,17H2,1H3. The third-order valence-corrected chi connectivity index (χ3v) is 4.39. The summed E-state index contributed by atoms with van der Waals surface area (Å²) in [6, 6.07) is 6.09. The van der Waals surface area contributed by atoms with Crippen molar-refractivity contribution in [3.63, 3.8) is 0 Å². The summed E-state index contributed by atoms with van der Waals surface area (Å²) in [7, 11) is 0. The second-order valence-corrected chi connectivity index (χ2v) is 5.66. The van der Waals surface area contributed by atoms with Gasteiger partial charge in [0, 0.05) is 47.6 Å². The van der Waals surface area contributed by atoms with E-state index in [2.05, 4.69) is 16.0 Å². The van der Waals surface area contributed by atoms with Gasteiger partial charge in [0.2, 0.25) is 0 Å². The van der Waals surface area contributed by atoms with E-state index >= 15 is 0 Å². The number of hydrogen-bond donors (Lipinski definition) is 2. The maximum Gasteiger partial charge on any atom is 0.0541 e. The van der Waals surface area contributed by atoms with Crippen LogP contribution in [0.25, 0.3) is 10.8 Å². The van der Waals surface area contributed by atoms with Crippen LogP contribution in [-0.2, 0) is 0 Å². The molecule has 0 aliphatic carbocycles. The highest BCUT2D eigenvalue weighted by molar-refractivity contribution is 6.00. The molecule has 3 N–H and O–H groups in total. The van der Waals surface area contributed by atoms with Crippen molar-refractivity contribution in [2.75, 3.05) is 23.7 Å². The SMILES string of the molecule is CC(O)C1CCN(c2ccc(N)c3cnccc23)CC1. The van der Waals surface area contributed by atoms with Crippen LogP contribution in [0.3, 0.4) is 0 Å². The van der Waals surface area contributed by atoms with E-state index in [9.17, 15) is 5.11 Å². The molecule has 0 spiro atoms. The lowest BCUT2D eigenvalue weighted by Gasteiger charge is -2.35. The van der Waals surface area contributed by atoms with Crippen LogP contribution in [0.15, 0.2) is 30.6 Å². The van der Waals surface area contributed by atoms with E-state index in [1.54, 1.807) is 0 Å². The predicted octanol–water partition coefficient (Wildman–Crippen LogP) is 2.41. The summed E-state index contributed by atoms with van der Waals surface area (Å²) in [5.41, 5.74) is 8.02. The minimum Gasteiger partial charge on any atom is -0.398 e. The van der Waals surface area contributed by atoms with Gasteiger partial charge in [-0.3, -0.25) is 4.98 Å². The number of nitrogens with zero attached hydrogens (tertiary/aromatic N) is 2. The Labute approximate surface area is 119 Å². The molecule has 1 fully saturated rings. The molecule has 0 bridgehead atoms.